The number of likely N-dealkylation sites (N-methyl/N-ethyl adjacent to an activating group) is 1. The van der Waals surface area contributed by atoms with Crippen molar-refractivity contribution in [3.63, 3.8) is 0 Å². The lowest BCUT2D eigenvalue weighted by atomic mass is 9.94. The van der Waals surface area contributed by atoms with Crippen molar-refractivity contribution in [3.05, 3.63) is 23.3 Å². The molecule has 2 rings (SSSR count). The van der Waals surface area contributed by atoms with Crippen molar-refractivity contribution in [3.8, 4) is 0 Å². The molecule has 5 nitrogen and oxygen atoms in total. The van der Waals surface area contributed by atoms with Crippen LogP contribution in [0.2, 0.25) is 0 Å². The highest BCUT2D eigenvalue weighted by Crippen LogP contribution is 2.32. The van der Waals surface area contributed by atoms with Gasteiger partial charge in [-0.2, -0.15) is 5.48 Å². The van der Waals surface area contributed by atoms with Gasteiger partial charge in [-0.05, 0) is 24.5 Å². The first-order valence-electron chi connectivity index (χ1n) is 8.27. The van der Waals surface area contributed by atoms with Crippen LogP contribution in [0.4, 0.5) is 11.4 Å². The van der Waals surface area contributed by atoms with Gasteiger partial charge in [-0.15, -0.1) is 0 Å². The summed E-state index contributed by atoms with van der Waals surface area (Å²) in [5, 5.41) is 22.2. The van der Waals surface area contributed by atoms with E-state index in [2.05, 4.69) is 31.1 Å². The van der Waals surface area contributed by atoms with Crippen LogP contribution in [0, 0.1) is 0 Å². The lowest BCUT2D eigenvalue weighted by molar-refractivity contribution is -0.826. The number of hydrogen-bond donors (Lipinski definition) is 4. The molecule has 0 aliphatic carbocycles. The van der Waals surface area contributed by atoms with Gasteiger partial charge in [0, 0.05) is 43.0 Å². The van der Waals surface area contributed by atoms with Crippen LogP contribution < -0.4 is 15.7 Å². The number of anilines is 1. The van der Waals surface area contributed by atoms with E-state index in [0.717, 1.165) is 36.1 Å². The molecule has 0 fully saturated rings. The van der Waals surface area contributed by atoms with Crippen LogP contribution in [0.3, 0.4) is 0 Å². The third-order valence-corrected chi connectivity index (χ3v) is 4.09. The van der Waals surface area contributed by atoms with E-state index in [9.17, 15) is 10.3 Å². The van der Waals surface area contributed by atoms with Gasteiger partial charge in [0.1, 0.15) is 0 Å². The van der Waals surface area contributed by atoms with Crippen LogP contribution in [-0.2, 0) is 13.0 Å². The minimum absolute atomic E-state index is 0.0400. The summed E-state index contributed by atoms with van der Waals surface area (Å²) in [6.45, 7) is 9.24. The predicted octanol–water partition coefficient (Wildman–Crippen LogP) is 1.54. The second-order valence-electron chi connectivity index (χ2n) is 5.83. The number of aliphatic hydroxyl groups excluding tert-OH is 1. The molecule has 5 heteroatoms. The Kier molecular flexibility index (Phi) is 7.82. The third-order valence-electron chi connectivity index (χ3n) is 4.09. The number of hydrogen-bond acceptors (Lipinski definition) is 4. The van der Waals surface area contributed by atoms with Gasteiger partial charge in [0.2, 0.25) is 0 Å². The molecule has 5 N–H and O–H groups in total. The van der Waals surface area contributed by atoms with Gasteiger partial charge >= 0.3 is 0 Å². The number of aliphatic hydroxyl groups is 1. The number of rotatable bonds is 5. The monoisotopic (exact) mass is 310 g/mol. The number of nitrogens with zero attached hydrogens (tertiary/aromatic N) is 1. The summed E-state index contributed by atoms with van der Waals surface area (Å²) in [6.07, 6.45) is 2.12. The molecule has 126 valence electrons. The first-order valence-corrected chi connectivity index (χ1v) is 8.27. The lowest BCUT2D eigenvalue weighted by Crippen LogP contribution is -2.74. The largest absolute Gasteiger partial charge is 0.391 e. The second-order valence-corrected chi connectivity index (χ2v) is 5.83. The van der Waals surface area contributed by atoms with Gasteiger partial charge in [0.25, 0.3) is 0 Å². The maximum atomic E-state index is 9.36. The maximum Gasteiger partial charge on any atom is 0.169 e. The summed E-state index contributed by atoms with van der Waals surface area (Å²) < 4.78 is 0. The molecule has 1 aliphatic heterocycles. The molecule has 0 saturated carbocycles. The van der Waals surface area contributed by atoms with Gasteiger partial charge in [-0.1, -0.05) is 27.7 Å². The van der Waals surface area contributed by atoms with Crippen LogP contribution in [-0.4, -0.2) is 36.0 Å². The molecule has 22 heavy (non-hydrogen) atoms. The van der Waals surface area contributed by atoms with E-state index in [4.69, 9.17) is 0 Å². The highest BCUT2D eigenvalue weighted by Gasteiger charge is 2.25. The number of quaternary nitrogens is 1. The molecule has 1 atom stereocenters. The van der Waals surface area contributed by atoms with Crippen LogP contribution >= 0.6 is 0 Å². The van der Waals surface area contributed by atoms with Gasteiger partial charge < -0.3 is 15.3 Å². The van der Waals surface area contributed by atoms with Crippen molar-refractivity contribution < 1.29 is 15.8 Å². The van der Waals surface area contributed by atoms with E-state index in [1.54, 1.807) is 0 Å². The zero-order valence-corrected chi connectivity index (χ0v) is 14.6. The van der Waals surface area contributed by atoms with Crippen molar-refractivity contribution in [2.45, 2.75) is 59.2 Å². The number of aryl methyl sites for hydroxylation is 1. The van der Waals surface area contributed by atoms with E-state index >= 15 is 0 Å². The molecule has 0 bridgehead atoms. The van der Waals surface area contributed by atoms with Crippen LogP contribution in [0.15, 0.2) is 12.1 Å². The van der Waals surface area contributed by atoms with Crippen molar-refractivity contribution >= 4 is 11.4 Å². The third kappa shape index (κ3) is 4.43. The predicted molar refractivity (Wildman–Crippen MR) is 90.7 cm³/mol. The molecule has 1 aromatic carbocycles. The molecule has 0 radical (unpaired) electrons. The molecular formula is C17H32N3O2+. The van der Waals surface area contributed by atoms with Crippen LogP contribution in [0.1, 0.15) is 45.2 Å². The molecule has 1 aliphatic rings. The standard InChI is InChI=1S/C15H25N3O2.C2H6/c1-10(2)16-8-13-5-4-11-6-12(9-19)14(17-20)7-15(11)18(13)3;1-2/h6-7,10,13,16-17,19-20H,4-5,8-9H2,1-3H3;1-2H3/p+1. The highest BCUT2D eigenvalue weighted by molar-refractivity contribution is 5.63. The van der Waals surface area contributed by atoms with E-state index < -0.39 is 0 Å². The van der Waals surface area contributed by atoms with Crippen molar-refractivity contribution in [1.29, 1.82) is 0 Å². The Hall–Kier alpha value is -1.14. The molecule has 0 amide bonds. The zero-order chi connectivity index (χ0) is 16.7. The van der Waals surface area contributed by atoms with Crippen LogP contribution in [0.25, 0.3) is 0 Å². The maximum absolute atomic E-state index is 9.36. The highest BCUT2D eigenvalue weighted by atomic mass is 16.5. The van der Waals surface area contributed by atoms with Gasteiger partial charge in [0.05, 0.1) is 6.61 Å². The van der Waals surface area contributed by atoms with Gasteiger partial charge in [-0.25, -0.2) is 5.21 Å². The Morgan fingerprint density at radius 1 is 1.36 bits per heavy atom. The first kappa shape index (κ1) is 18.9. The first-order chi connectivity index (χ1) is 10.6. The van der Waals surface area contributed by atoms with E-state index in [1.165, 1.54) is 5.56 Å². The molecule has 0 spiro atoms. The smallest absolute Gasteiger partial charge is 0.169 e. The minimum Gasteiger partial charge on any atom is -0.391 e. The molecule has 1 unspecified atom stereocenters. The Morgan fingerprint density at radius 3 is 2.59 bits per heavy atom. The fraction of sp³-hybridized carbons (Fsp3) is 0.647. The van der Waals surface area contributed by atoms with E-state index in [1.807, 2.05) is 26.0 Å². The Morgan fingerprint density at radius 2 is 2.05 bits per heavy atom. The summed E-state index contributed by atoms with van der Waals surface area (Å²) in [5.74, 6) is 0. The number of nitrogens with one attached hydrogen (secondary N) is 1. The molecule has 0 aromatic heterocycles. The Labute approximate surface area is 134 Å². The van der Waals surface area contributed by atoms with E-state index in [0.29, 0.717) is 17.8 Å². The topological polar surface area (TPSA) is 72.3 Å². The molecular weight excluding hydrogens is 278 g/mol. The normalized spacial score (nSPS) is 17.1. The fourth-order valence-electron chi connectivity index (χ4n) is 2.81. The Bertz CT molecular complexity index is 463. The zero-order valence-electron chi connectivity index (χ0n) is 14.6. The minimum atomic E-state index is -0.0400. The quantitative estimate of drug-likeness (QED) is 0.492. The molecule has 0 saturated heterocycles. The van der Waals surface area contributed by atoms with Gasteiger partial charge in [-0.3, -0.25) is 0 Å². The number of benzene rings is 1. The molecule has 1 aromatic rings. The van der Waals surface area contributed by atoms with Gasteiger partial charge in [0.15, 0.2) is 5.69 Å². The lowest BCUT2D eigenvalue weighted by Gasteiger charge is -2.37. The van der Waals surface area contributed by atoms with Crippen molar-refractivity contribution in [2.24, 2.45) is 0 Å². The summed E-state index contributed by atoms with van der Waals surface area (Å²) in [7, 11) is 2.10. The van der Waals surface area contributed by atoms with Crippen LogP contribution in [0.5, 0.6) is 0 Å². The summed E-state index contributed by atoms with van der Waals surface area (Å²) in [5.41, 5.74) is 4.98. The average molecular weight is 310 g/mol. The second kappa shape index (κ2) is 9.10. The fourth-order valence-corrected chi connectivity index (χ4v) is 2.81. The number of fused-ring (bicyclic) bond motifs is 1. The summed E-state index contributed by atoms with van der Waals surface area (Å²) >= 11 is 0. The number of nitrogens with two attached hydrogens (primary N) is 1. The van der Waals surface area contributed by atoms with E-state index in [-0.39, 0.29) is 6.61 Å². The SMILES string of the molecule is CC.CC(C)NCC1CCc2cc(CO)c([NH2+]O)cc2N1C. The average Bonchev–Trinajstić information content (AvgIpc) is 2.54. The molecule has 1 heterocycles. The summed E-state index contributed by atoms with van der Waals surface area (Å²) in [4.78, 5) is 2.28. The Balaban J connectivity index is 0.00000116. The van der Waals surface area contributed by atoms with Crippen molar-refractivity contribution in [2.75, 3.05) is 18.5 Å². The van der Waals surface area contributed by atoms with Crippen molar-refractivity contribution in [1.82, 2.24) is 5.32 Å². The summed E-state index contributed by atoms with van der Waals surface area (Å²) in [6, 6.07) is 4.95.